The Balaban J connectivity index is 1.80. The maximum absolute atomic E-state index is 11.4. The van der Waals surface area contributed by atoms with Crippen molar-refractivity contribution >= 4 is 6.03 Å². The molecule has 2 N–H and O–H groups in total. The molecular formula is C10H12N4O2. The lowest BCUT2D eigenvalue weighted by molar-refractivity contribution is 0.249. The number of carbonyl (C=O) groups excluding carboxylic acids is 1. The fourth-order valence-electron chi connectivity index (χ4n) is 1.24. The van der Waals surface area contributed by atoms with Crippen LogP contribution in [-0.4, -0.2) is 15.9 Å². The first-order valence-corrected chi connectivity index (χ1v) is 4.84. The van der Waals surface area contributed by atoms with Crippen LogP contribution in [0.4, 0.5) is 4.79 Å². The molecule has 2 rings (SSSR count). The summed E-state index contributed by atoms with van der Waals surface area (Å²) in [6.45, 7) is 2.14. The van der Waals surface area contributed by atoms with E-state index < -0.39 is 0 Å². The average molecular weight is 220 g/mol. The number of rotatable bonds is 3. The van der Waals surface area contributed by atoms with Crippen LogP contribution in [0, 0.1) is 6.92 Å². The molecular weight excluding hydrogens is 208 g/mol. The van der Waals surface area contributed by atoms with E-state index in [4.69, 9.17) is 4.52 Å². The van der Waals surface area contributed by atoms with E-state index >= 15 is 0 Å². The molecule has 6 nitrogen and oxygen atoms in total. The summed E-state index contributed by atoms with van der Waals surface area (Å²) in [7, 11) is 0. The Bertz CT molecular complexity index is 461. The van der Waals surface area contributed by atoms with Crippen LogP contribution in [0.25, 0.3) is 0 Å². The second-order valence-electron chi connectivity index (χ2n) is 3.31. The van der Waals surface area contributed by atoms with Crippen molar-refractivity contribution in [2.75, 3.05) is 5.43 Å². The van der Waals surface area contributed by atoms with Gasteiger partial charge in [-0.2, -0.15) is 0 Å². The summed E-state index contributed by atoms with van der Waals surface area (Å²) >= 11 is 0. The van der Waals surface area contributed by atoms with Crippen LogP contribution in [0.3, 0.4) is 0 Å². The highest BCUT2D eigenvalue weighted by molar-refractivity contribution is 5.81. The van der Waals surface area contributed by atoms with Gasteiger partial charge in [0.05, 0.1) is 6.54 Å². The molecule has 6 heteroatoms. The monoisotopic (exact) mass is 220 g/mol. The molecule has 0 saturated heterocycles. The molecule has 84 valence electrons. The summed E-state index contributed by atoms with van der Waals surface area (Å²) in [5.74, 6) is 0.725. The molecule has 0 aromatic carbocycles. The number of nitrogens with zero attached hydrogens (tertiary/aromatic N) is 2. The predicted molar refractivity (Wildman–Crippen MR) is 57.3 cm³/mol. The van der Waals surface area contributed by atoms with Crippen molar-refractivity contribution in [1.29, 1.82) is 0 Å². The van der Waals surface area contributed by atoms with Crippen LogP contribution < -0.4 is 10.7 Å². The molecule has 0 spiro atoms. The number of nitrogens with one attached hydrogen (secondary N) is 2. The van der Waals surface area contributed by atoms with Gasteiger partial charge in [-0.1, -0.05) is 5.16 Å². The zero-order chi connectivity index (χ0) is 11.4. The van der Waals surface area contributed by atoms with Gasteiger partial charge in [0.2, 0.25) is 0 Å². The van der Waals surface area contributed by atoms with Crippen molar-refractivity contribution in [3.63, 3.8) is 0 Å². The van der Waals surface area contributed by atoms with Gasteiger partial charge < -0.3 is 9.84 Å². The van der Waals surface area contributed by atoms with Crippen LogP contribution in [0.15, 0.2) is 35.1 Å². The predicted octanol–water partition coefficient (Wildman–Crippen LogP) is 1.24. The van der Waals surface area contributed by atoms with Gasteiger partial charge in [-0.3, -0.25) is 4.68 Å². The van der Waals surface area contributed by atoms with Crippen molar-refractivity contribution in [3.05, 3.63) is 42.0 Å². The maximum atomic E-state index is 11.4. The maximum Gasteiger partial charge on any atom is 0.334 e. The number of hydrogen-bond donors (Lipinski definition) is 2. The zero-order valence-electron chi connectivity index (χ0n) is 8.80. The molecule has 0 unspecified atom stereocenters. The quantitative estimate of drug-likeness (QED) is 0.817. The van der Waals surface area contributed by atoms with E-state index in [2.05, 4.69) is 15.9 Å². The lowest BCUT2D eigenvalue weighted by atomic mass is 10.4. The minimum Gasteiger partial charge on any atom is -0.361 e. The minimum absolute atomic E-state index is 0.295. The number of hydrogen-bond acceptors (Lipinski definition) is 3. The first-order chi connectivity index (χ1) is 7.74. The number of aryl methyl sites for hydroxylation is 1. The molecule has 0 atom stereocenters. The molecule has 0 aliphatic heterocycles. The topological polar surface area (TPSA) is 72.1 Å². The molecule has 0 fully saturated rings. The molecule has 0 aliphatic rings. The molecule has 2 aromatic rings. The molecule has 0 aliphatic carbocycles. The highest BCUT2D eigenvalue weighted by Crippen LogP contribution is 2.00. The zero-order valence-corrected chi connectivity index (χ0v) is 8.80. The van der Waals surface area contributed by atoms with E-state index in [1.165, 1.54) is 0 Å². The number of carbonyl (C=O) groups is 1. The minimum atomic E-state index is -0.295. The molecule has 0 saturated carbocycles. The van der Waals surface area contributed by atoms with E-state index in [0.717, 1.165) is 5.76 Å². The summed E-state index contributed by atoms with van der Waals surface area (Å²) < 4.78 is 6.43. The Morgan fingerprint density at radius 3 is 2.88 bits per heavy atom. The van der Waals surface area contributed by atoms with Crippen molar-refractivity contribution in [1.82, 2.24) is 15.1 Å². The molecule has 0 bridgehead atoms. The van der Waals surface area contributed by atoms with Gasteiger partial charge in [-0.05, 0) is 19.1 Å². The van der Waals surface area contributed by atoms with Gasteiger partial charge in [-0.25, -0.2) is 10.2 Å². The third-order valence-electron chi connectivity index (χ3n) is 1.94. The number of aromatic nitrogens is 2. The van der Waals surface area contributed by atoms with Gasteiger partial charge in [0.15, 0.2) is 0 Å². The highest BCUT2D eigenvalue weighted by atomic mass is 16.5. The molecule has 2 heterocycles. The third kappa shape index (κ3) is 2.63. The summed E-state index contributed by atoms with van der Waals surface area (Å²) in [6.07, 6.45) is 3.47. The van der Waals surface area contributed by atoms with Crippen LogP contribution in [0.5, 0.6) is 0 Å². The second-order valence-corrected chi connectivity index (χ2v) is 3.31. The highest BCUT2D eigenvalue weighted by Gasteiger charge is 2.03. The normalized spacial score (nSPS) is 10.1. The van der Waals surface area contributed by atoms with Crippen molar-refractivity contribution in [2.45, 2.75) is 13.5 Å². The second kappa shape index (κ2) is 4.52. The fraction of sp³-hybridized carbons (Fsp3) is 0.200. The largest absolute Gasteiger partial charge is 0.361 e. The van der Waals surface area contributed by atoms with Gasteiger partial charge in [0.1, 0.15) is 11.5 Å². The molecule has 2 amide bonds. The van der Waals surface area contributed by atoms with Crippen molar-refractivity contribution in [2.24, 2.45) is 0 Å². The van der Waals surface area contributed by atoms with Gasteiger partial charge in [0, 0.05) is 18.5 Å². The molecule has 2 aromatic heterocycles. The van der Waals surface area contributed by atoms with E-state index in [0.29, 0.717) is 12.2 Å². The van der Waals surface area contributed by atoms with Crippen LogP contribution in [-0.2, 0) is 6.54 Å². The van der Waals surface area contributed by atoms with Gasteiger partial charge in [-0.15, -0.1) is 0 Å². The van der Waals surface area contributed by atoms with Gasteiger partial charge in [0.25, 0.3) is 0 Å². The van der Waals surface area contributed by atoms with Crippen molar-refractivity contribution < 1.29 is 9.32 Å². The standard InChI is InChI=1S/C10H12N4O2/c1-8-6-9(13-16-8)7-11-10(15)12-14-4-2-3-5-14/h2-6H,7H2,1H3,(H2,11,12,15). The van der Waals surface area contributed by atoms with E-state index in [1.54, 1.807) is 30.1 Å². The molecule has 0 radical (unpaired) electrons. The summed E-state index contributed by atoms with van der Waals surface area (Å²) in [5.41, 5.74) is 3.30. The summed E-state index contributed by atoms with van der Waals surface area (Å²) in [6, 6.07) is 5.12. The van der Waals surface area contributed by atoms with E-state index in [-0.39, 0.29) is 6.03 Å². The summed E-state index contributed by atoms with van der Waals surface area (Å²) in [5, 5.41) is 6.42. The van der Waals surface area contributed by atoms with Crippen molar-refractivity contribution in [3.8, 4) is 0 Å². The van der Waals surface area contributed by atoms with Gasteiger partial charge >= 0.3 is 6.03 Å². The Hall–Kier alpha value is -2.24. The number of urea groups is 1. The Morgan fingerprint density at radius 1 is 1.50 bits per heavy atom. The fourth-order valence-corrected chi connectivity index (χ4v) is 1.24. The molecule has 16 heavy (non-hydrogen) atoms. The van der Waals surface area contributed by atoms with E-state index in [9.17, 15) is 4.79 Å². The number of amides is 2. The van der Waals surface area contributed by atoms with E-state index in [1.807, 2.05) is 12.1 Å². The Labute approximate surface area is 92.2 Å². The van der Waals surface area contributed by atoms with Crippen LogP contribution in [0.1, 0.15) is 11.5 Å². The Kier molecular flexibility index (Phi) is 2.90. The smallest absolute Gasteiger partial charge is 0.334 e. The third-order valence-corrected chi connectivity index (χ3v) is 1.94. The van der Waals surface area contributed by atoms with Crippen LogP contribution in [0.2, 0.25) is 0 Å². The lowest BCUT2D eigenvalue weighted by Gasteiger charge is -2.06. The lowest BCUT2D eigenvalue weighted by Crippen LogP contribution is -2.33. The summed E-state index contributed by atoms with van der Waals surface area (Å²) in [4.78, 5) is 11.4. The first-order valence-electron chi connectivity index (χ1n) is 4.84. The Morgan fingerprint density at radius 2 is 2.25 bits per heavy atom. The SMILES string of the molecule is Cc1cc(CNC(=O)Nn2cccc2)no1. The van der Waals surface area contributed by atoms with Crippen LogP contribution >= 0.6 is 0 Å². The first kappa shape index (κ1) is 10.3. The average Bonchev–Trinajstić information content (AvgIpc) is 2.87.